The molecule has 0 unspecified atom stereocenters. The lowest BCUT2D eigenvalue weighted by molar-refractivity contribution is 0.0429. The summed E-state index contributed by atoms with van der Waals surface area (Å²) in [5, 5.41) is 8.47. The van der Waals surface area contributed by atoms with Crippen LogP contribution < -0.4 is 0 Å². The molecule has 0 radical (unpaired) electrons. The van der Waals surface area contributed by atoms with Crippen molar-refractivity contribution in [1.29, 1.82) is 0 Å². The van der Waals surface area contributed by atoms with E-state index in [1.54, 1.807) is 11.6 Å². The first-order valence-electron chi connectivity index (χ1n) is 8.69. The Balaban J connectivity index is 1.67. The summed E-state index contributed by atoms with van der Waals surface area (Å²) in [5.41, 5.74) is 1.78. The summed E-state index contributed by atoms with van der Waals surface area (Å²) >= 11 is 6.37. The maximum Gasteiger partial charge on any atom is 0.343 e. The Labute approximate surface area is 162 Å². The largest absolute Gasteiger partial charge is 0.452 e. The molecule has 2 aromatic heterocycles. The van der Waals surface area contributed by atoms with Crippen molar-refractivity contribution in [3.8, 4) is 0 Å². The van der Waals surface area contributed by atoms with E-state index in [9.17, 15) is 4.79 Å². The van der Waals surface area contributed by atoms with Gasteiger partial charge >= 0.3 is 5.97 Å². The predicted molar refractivity (Wildman–Crippen MR) is 99.5 cm³/mol. The lowest BCUT2D eigenvalue weighted by Gasteiger charge is -2.04. The van der Waals surface area contributed by atoms with Crippen molar-refractivity contribution in [2.24, 2.45) is 5.92 Å². The Hall–Kier alpha value is -2.67. The summed E-state index contributed by atoms with van der Waals surface area (Å²) < 4.78 is 12.0. The fraction of sp³-hybridized carbons (Fsp3) is 0.368. The smallest absolute Gasteiger partial charge is 0.343 e. The molecule has 3 rings (SSSR count). The number of benzene rings is 1. The van der Waals surface area contributed by atoms with E-state index in [4.69, 9.17) is 20.9 Å². The first kappa shape index (κ1) is 19.1. The molecule has 0 fully saturated rings. The number of carbonyl (C=O) groups excluding carboxylic acids is 1. The Bertz CT molecular complexity index is 918. The van der Waals surface area contributed by atoms with Crippen LogP contribution in [-0.4, -0.2) is 25.9 Å². The molecule has 0 spiro atoms. The van der Waals surface area contributed by atoms with E-state index in [1.807, 2.05) is 30.3 Å². The Morgan fingerprint density at radius 2 is 2.04 bits per heavy atom. The van der Waals surface area contributed by atoms with Gasteiger partial charge < -0.3 is 9.26 Å². The van der Waals surface area contributed by atoms with Gasteiger partial charge in [-0.3, -0.25) is 0 Å². The number of aromatic nitrogens is 4. The predicted octanol–water partition coefficient (Wildman–Crippen LogP) is 3.83. The van der Waals surface area contributed by atoms with E-state index in [0.717, 1.165) is 5.56 Å². The SMILES string of the molecule is Cc1nn(Cc2ccccc2)c(Cl)c1C(=O)OCc1nc(CC(C)C)no1. The first-order chi connectivity index (χ1) is 12.9. The van der Waals surface area contributed by atoms with E-state index in [0.29, 0.717) is 30.4 Å². The second kappa shape index (κ2) is 8.35. The molecule has 7 nitrogen and oxygen atoms in total. The van der Waals surface area contributed by atoms with Crippen molar-refractivity contribution < 1.29 is 14.1 Å². The van der Waals surface area contributed by atoms with E-state index >= 15 is 0 Å². The third-order valence-electron chi connectivity index (χ3n) is 3.87. The van der Waals surface area contributed by atoms with Crippen molar-refractivity contribution in [3.63, 3.8) is 0 Å². The molecule has 0 aliphatic heterocycles. The van der Waals surface area contributed by atoms with Crippen LogP contribution in [0.2, 0.25) is 5.15 Å². The normalized spacial score (nSPS) is 11.1. The Kier molecular flexibility index (Phi) is 5.91. The Morgan fingerprint density at radius 3 is 2.74 bits per heavy atom. The molecule has 2 heterocycles. The first-order valence-corrected chi connectivity index (χ1v) is 9.07. The third kappa shape index (κ3) is 4.74. The molecule has 0 atom stereocenters. The maximum absolute atomic E-state index is 12.5. The highest BCUT2D eigenvalue weighted by Crippen LogP contribution is 2.22. The highest BCUT2D eigenvalue weighted by molar-refractivity contribution is 6.32. The fourth-order valence-electron chi connectivity index (χ4n) is 2.64. The lowest BCUT2D eigenvalue weighted by Crippen LogP contribution is -2.07. The molecule has 0 aliphatic rings. The van der Waals surface area contributed by atoms with Crippen LogP contribution >= 0.6 is 11.6 Å². The van der Waals surface area contributed by atoms with Gasteiger partial charge in [-0.2, -0.15) is 10.1 Å². The zero-order chi connectivity index (χ0) is 19.4. The van der Waals surface area contributed by atoms with E-state index in [2.05, 4.69) is 29.1 Å². The van der Waals surface area contributed by atoms with Crippen LogP contribution in [0.3, 0.4) is 0 Å². The number of ether oxygens (including phenoxy) is 1. The van der Waals surface area contributed by atoms with E-state index in [1.165, 1.54) is 0 Å². The highest BCUT2D eigenvalue weighted by atomic mass is 35.5. The summed E-state index contributed by atoms with van der Waals surface area (Å²) in [7, 11) is 0. The van der Waals surface area contributed by atoms with Gasteiger partial charge in [0.2, 0.25) is 0 Å². The molecule has 142 valence electrons. The fourth-order valence-corrected chi connectivity index (χ4v) is 2.95. The van der Waals surface area contributed by atoms with Crippen LogP contribution in [0.4, 0.5) is 0 Å². The topological polar surface area (TPSA) is 83.0 Å². The lowest BCUT2D eigenvalue weighted by atomic mass is 10.1. The minimum atomic E-state index is -0.569. The number of hydrogen-bond acceptors (Lipinski definition) is 6. The summed E-state index contributed by atoms with van der Waals surface area (Å²) in [6.45, 7) is 6.21. The summed E-state index contributed by atoms with van der Waals surface area (Å²) in [6.07, 6.45) is 0.703. The van der Waals surface area contributed by atoms with Crippen molar-refractivity contribution >= 4 is 17.6 Å². The molecule has 1 aromatic carbocycles. The quantitative estimate of drug-likeness (QED) is 0.572. The summed E-state index contributed by atoms with van der Waals surface area (Å²) in [5.74, 6) is 0.695. The van der Waals surface area contributed by atoms with Gasteiger partial charge in [0, 0.05) is 6.42 Å². The molecule has 0 saturated heterocycles. The van der Waals surface area contributed by atoms with Crippen LogP contribution in [0.1, 0.15) is 47.2 Å². The number of rotatable bonds is 7. The van der Waals surface area contributed by atoms with Crippen molar-refractivity contribution in [3.05, 3.63) is 64.0 Å². The van der Waals surface area contributed by atoms with Crippen LogP contribution in [0.25, 0.3) is 0 Å². The van der Waals surface area contributed by atoms with Crippen LogP contribution in [0.15, 0.2) is 34.9 Å². The standard InChI is InChI=1S/C19H21ClN4O3/c1-12(2)9-15-21-16(27-23-15)11-26-19(25)17-13(3)22-24(18(17)20)10-14-7-5-4-6-8-14/h4-8,12H,9-11H2,1-3H3. The van der Waals surface area contributed by atoms with Gasteiger partial charge in [0.25, 0.3) is 5.89 Å². The van der Waals surface area contributed by atoms with Crippen molar-refractivity contribution in [2.75, 3.05) is 0 Å². The third-order valence-corrected chi connectivity index (χ3v) is 4.26. The van der Waals surface area contributed by atoms with E-state index < -0.39 is 5.97 Å². The maximum atomic E-state index is 12.5. The number of esters is 1. The van der Waals surface area contributed by atoms with Crippen molar-refractivity contribution in [1.82, 2.24) is 19.9 Å². The molecule has 0 saturated carbocycles. The molecule has 27 heavy (non-hydrogen) atoms. The molecule has 3 aromatic rings. The molecule has 0 N–H and O–H groups in total. The van der Waals surface area contributed by atoms with Crippen LogP contribution in [0, 0.1) is 12.8 Å². The molecular formula is C19H21ClN4O3. The Morgan fingerprint density at radius 1 is 1.30 bits per heavy atom. The molecular weight excluding hydrogens is 368 g/mol. The van der Waals surface area contributed by atoms with Gasteiger partial charge in [-0.1, -0.05) is 60.9 Å². The molecule has 0 amide bonds. The molecule has 0 aliphatic carbocycles. The summed E-state index contributed by atoms with van der Waals surface area (Å²) in [4.78, 5) is 16.7. The zero-order valence-corrected chi connectivity index (χ0v) is 16.2. The number of nitrogens with zero attached hydrogens (tertiary/aromatic N) is 4. The van der Waals surface area contributed by atoms with Gasteiger partial charge in [0.1, 0.15) is 10.7 Å². The summed E-state index contributed by atoms with van der Waals surface area (Å²) in [6, 6.07) is 9.75. The highest BCUT2D eigenvalue weighted by Gasteiger charge is 2.22. The average molecular weight is 389 g/mol. The zero-order valence-electron chi connectivity index (χ0n) is 15.5. The minimum absolute atomic E-state index is 0.108. The second-order valence-electron chi connectivity index (χ2n) is 6.67. The van der Waals surface area contributed by atoms with E-state index in [-0.39, 0.29) is 23.2 Å². The average Bonchev–Trinajstić information content (AvgIpc) is 3.17. The van der Waals surface area contributed by atoms with Crippen LogP contribution in [0.5, 0.6) is 0 Å². The van der Waals surface area contributed by atoms with Gasteiger partial charge in [-0.15, -0.1) is 0 Å². The minimum Gasteiger partial charge on any atom is -0.452 e. The number of aryl methyl sites for hydroxylation is 1. The second-order valence-corrected chi connectivity index (χ2v) is 7.03. The van der Waals surface area contributed by atoms with Gasteiger partial charge in [-0.25, -0.2) is 9.48 Å². The van der Waals surface area contributed by atoms with Crippen molar-refractivity contribution in [2.45, 2.75) is 40.3 Å². The molecule has 8 heteroatoms. The molecule has 0 bridgehead atoms. The van der Waals surface area contributed by atoms with Gasteiger partial charge in [0.15, 0.2) is 12.4 Å². The van der Waals surface area contributed by atoms with Crippen LogP contribution in [-0.2, 0) is 24.3 Å². The number of halogens is 1. The number of hydrogen-bond donors (Lipinski definition) is 0. The van der Waals surface area contributed by atoms with Gasteiger partial charge in [0.05, 0.1) is 12.2 Å². The van der Waals surface area contributed by atoms with Gasteiger partial charge in [-0.05, 0) is 18.4 Å². The number of carbonyl (C=O) groups is 1. The monoisotopic (exact) mass is 388 g/mol.